The molecule has 7 heteroatoms. The Morgan fingerprint density at radius 1 is 0.871 bits per heavy atom. The number of benzene rings is 3. The molecule has 5 rings (SSSR count). The molecule has 31 heavy (non-hydrogen) atoms. The summed E-state index contributed by atoms with van der Waals surface area (Å²) in [4.78, 5) is 34.0. The lowest BCUT2D eigenvalue weighted by Crippen LogP contribution is -2.37. The molecule has 6 nitrogen and oxygen atoms in total. The molecule has 2 fully saturated rings. The minimum absolute atomic E-state index is 0.365. The van der Waals surface area contributed by atoms with E-state index in [1.165, 1.54) is 19.2 Å². The Bertz CT molecular complexity index is 1140. The topological polar surface area (TPSA) is 59.1 Å². The summed E-state index contributed by atoms with van der Waals surface area (Å²) in [5, 5.41) is 1.58. The molecule has 2 aliphatic heterocycles. The Kier molecular flexibility index (Phi) is 4.67. The zero-order valence-corrected chi connectivity index (χ0v) is 16.6. The molecular formula is C24H19FN2O4. The Labute approximate surface area is 178 Å². The number of hydrogen-bond donors (Lipinski definition) is 0. The summed E-state index contributed by atoms with van der Waals surface area (Å²) in [5.41, 5.74) is 1.82. The van der Waals surface area contributed by atoms with Gasteiger partial charge in [-0.2, -0.15) is 0 Å². The summed E-state index contributed by atoms with van der Waals surface area (Å²) in [6.45, 7) is 0. The molecule has 0 aliphatic carbocycles. The van der Waals surface area contributed by atoms with E-state index in [9.17, 15) is 14.0 Å². The summed E-state index contributed by atoms with van der Waals surface area (Å²) in [6.07, 6.45) is -0.978. The Morgan fingerprint density at radius 3 is 2.29 bits per heavy atom. The number of fused-ring (bicyclic) bond motifs is 1. The van der Waals surface area contributed by atoms with Gasteiger partial charge in [-0.15, -0.1) is 0 Å². The molecule has 3 aromatic rings. The normalized spacial score (nSPS) is 22.7. The van der Waals surface area contributed by atoms with Gasteiger partial charge in [-0.05, 0) is 42.0 Å². The number of anilines is 2. The minimum Gasteiger partial charge on any atom is -0.497 e. The van der Waals surface area contributed by atoms with Crippen molar-refractivity contribution in [2.24, 2.45) is 5.92 Å². The van der Waals surface area contributed by atoms with Crippen molar-refractivity contribution < 1.29 is 23.6 Å². The first-order valence-electron chi connectivity index (χ1n) is 9.87. The lowest BCUT2D eigenvalue weighted by molar-refractivity contribution is -0.126. The molecule has 2 heterocycles. The molecule has 0 radical (unpaired) electrons. The molecular weight excluding hydrogens is 399 g/mol. The highest BCUT2D eigenvalue weighted by Crippen LogP contribution is 2.47. The number of carbonyl (C=O) groups excluding carboxylic acids is 2. The van der Waals surface area contributed by atoms with Crippen molar-refractivity contribution >= 4 is 23.2 Å². The van der Waals surface area contributed by atoms with Crippen molar-refractivity contribution in [1.82, 2.24) is 0 Å². The van der Waals surface area contributed by atoms with Gasteiger partial charge in [0.25, 0.3) is 5.91 Å². The summed E-state index contributed by atoms with van der Waals surface area (Å²) in [6, 6.07) is 21.4. The van der Waals surface area contributed by atoms with Crippen LogP contribution in [0.3, 0.4) is 0 Å². The monoisotopic (exact) mass is 418 g/mol. The van der Waals surface area contributed by atoms with Crippen LogP contribution in [-0.2, 0) is 14.4 Å². The van der Waals surface area contributed by atoms with Gasteiger partial charge in [-0.3, -0.25) is 14.4 Å². The van der Waals surface area contributed by atoms with E-state index in [1.807, 2.05) is 30.3 Å². The van der Waals surface area contributed by atoms with Crippen molar-refractivity contribution in [3.63, 3.8) is 0 Å². The second-order valence-electron chi connectivity index (χ2n) is 7.42. The standard InChI is InChI=1S/C24H19FN2O4/c1-30-19-9-5-8-18(14-19)26-23(28)20-21(15-10-12-16(25)13-11-15)27(31-22(20)24(26)29)17-6-3-2-4-7-17/h2-14,20-22H,1H3. The van der Waals surface area contributed by atoms with Gasteiger partial charge in [0, 0.05) is 6.07 Å². The van der Waals surface area contributed by atoms with Gasteiger partial charge in [-0.25, -0.2) is 14.4 Å². The molecule has 0 spiro atoms. The Morgan fingerprint density at radius 2 is 1.58 bits per heavy atom. The molecule has 0 N–H and O–H groups in total. The van der Waals surface area contributed by atoms with Gasteiger partial charge in [0.1, 0.15) is 17.5 Å². The van der Waals surface area contributed by atoms with Crippen molar-refractivity contribution in [2.45, 2.75) is 12.1 Å². The highest BCUT2D eigenvalue weighted by molar-refractivity contribution is 6.24. The Balaban J connectivity index is 1.57. The number of carbonyl (C=O) groups is 2. The zero-order valence-electron chi connectivity index (χ0n) is 16.6. The third kappa shape index (κ3) is 3.14. The molecule has 0 bridgehead atoms. The van der Waals surface area contributed by atoms with Crippen molar-refractivity contribution in [2.75, 3.05) is 17.1 Å². The van der Waals surface area contributed by atoms with Gasteiger partial charge in [0.15, 0.2) is 6.10 Å². The van der Waals surface area contributed by atoms with Crippen LogP contribution in [0.25, 0.3) is 0 Å². The number of ether oxygens (including phenoxy) is 1. The second-order valence-corrected chi connectivity index (χ2v) is 7.42. The summed E-state index contributed by atoms with van der Waals surface area (Å²) in [5.74, 6) is -1.41. The SMILES string of the molecule is COc1cccc(N2C(=O)C3ON(c4ccccc4)C(c4ccc(F)cc4)C3C2=O)c1. The fourth-order valence-corrected chi connectivity index (χ4v) is 4.22. The van der Waals surface area contributed by atoms with Crippen LogP contribution in [0.1, 0.15) is 11.6 Å². The van der Waals surface area contributed by atoms with E-state index in [0.717, 1.165) is 4.90 Å². The van der Waals surface area contributed by atoms with E-state index in [-0.39, 0.29) is 11.7 Å². The number of halogens is 1. The van der Waals surface area contributed by atoms with Crippen LogP contribution in [-0.4, -0.2) is 25.0 Å². The van der Waals surface area contributed by atoms with E-state index >= 15 is 0 Å². The van der Waals surface area contributed by atoms with Crippen LogP contribution in [0.5, 0.6) is 5.75 Å². The average molecular weight is 418 g/mol. The lowest BCUT2D eigenvalue weighted by Gasteiger charge is -2.28. The van der Waals surface area contributed by atoms with Gasteiger partial charge in [0.05, 0.1) is 24.5 Å². The van der Waals surface area contributed by atoms with Crippen molar-refractivity contribution in [3.8, 4) is 5.75 Å². The quantitative estimate of drug-likeness (QED) is 0.602. The van der Waals surface area contributed by atoms with E-state index in [0.29, 0.717) is 22.7 Å². The maximum atomic E-state index is 13.6. The van der Waals surface area contributed by atoms with E-state index < -0.39 is 24.0 Å². The van der Waals surface area contributed by atoms with Crippen LogP contribution in [0, 0.1) is 11.7 Å². The fourth-order valence-electron chi connectivity index (χ4n) is 4.22. The molecule has 0 saturated carbocycles. The zero-order chi connectivity index (χ0) is 21.5. The molecule has 3 aromatic carbocycles. The van der Waals surface area contributed by atoms with Gasteiger partial charge in [-0.1, -0.05) is 36.4 Å². The van der Waals surface area contributed by atoms with E-state index in [4.69, 9.17) is 9.57 Å². The van der Waals surface area contributed by atoms with Gasteiger partial charge >= 0.3 is 0 Å². The molecule has 0 aromatic heterocycles. The highest BCUT2D eigenvalue weighted by atomic mass is 19.1. The van der Waals surface area contributed by atoms with E-state index in [1.54, 1.807) is 41.5 Å². The third-order valence-electron chi connectivity index (χ3n) is 5.65. The lowest BCUT2D eigenvalue weighted by atomic mass is 9.90. The molecule has 3 atom stereocenters. The van der Waals surface area contributed by atoms with Crippen molar-refractivity contribution in [1.29, 1.82) is 0 Å². The number of nitrogens with zero attached hydrogens (tertiary/aromatic N) is 2. The third-order valence-corrected chi connectivity index (χ3v) is 5.65. The number of rotatable bonds is 4. The second kappa shape index (κ2) is 7.52. The number of hydroxylamine groups is 1. The number of para-hydroxylation sites is 1. The van der Waals surface area contributed by atoms with Crippen molar-refractivity contribution in [3.05, 3.63) is 90.2 Å². The predicted octanol–water partition coefficient (Wildman–Crippen LogP) is 3.89. The molecule has 2 aliphatic rings. The maximum Gasteiger partial charge on any atom is 0.266 e. The first kappa shape index (κ1) is 19.3. The van der Waals surface area contributed by atoms with Crippen LogP contribution in [0.2, 0.25) is 0 Å². The molecule has 3 unspecified atom stereocenters. The minimum atomic E-state index is -0.978. The number of amides is 2. The van der Waals surface area contributed by atoms with Crippen LogP contribution >= 0.6 is 0 Å². The Hall–Kier alpha value is -3.71. The van der Waals surface area contributed by atoms with Crippen LogP contribution < -0.4 is 14.7 Å². The molecule has 2 saturated heterocycles. The van der Waals surface area contributed by atoms with Crippen LogP contribution in [0.15, 0.2) is 78.9 Å². The first-order chi connectivity index (χ1) is 15.1. The largest absolute Gasteiger partial charge is 0.497 e. The van der Waals surface area contributed by atoms with Crippen LogP contribution in [0.4, 0.5) is 15.8 Å². The summed E-state index contributed by atoms with van der Waals surface area (Å²) in [7, 11) is 1.52. The smallest absolute Gasteiger partial charge is 0.266 e. The summed E-state index contributed by atoms with van der Waals surface area (Å²) < 4.78 is 18.8. The number of imide groups is 1. The van der Waals surface area contributed by atoms with E-state index in [2.05, 4.69) is 0 Å². The number of methoxy groups -OCH3 is 1. The van der Waals surface area contributed by atoms with Gasteiger partial charge in [0.2, 0.25) is 5.91 Å². The maximum absolute atomic E-state index is 13.6. The molecule has 2 amide bonds. The molecule has 156 valence electrons. The predicted molar refractivity (Wildman–Crippen MR) is 112 cm³/mol. The first-order valence-corrected chi connectivity index (χ1v) is 9.87. The number of hydrogen-bond acceptors (Lipinski definition) is 5. The average Bonchev–Trinajstić information content (AvgIpc) is 3.31. The fraction of sp³-hybridized carbons (Fsp3) is 0.167. The highest BCUT2D eigenvalue weighted by Gasteiger charge is 2.60. The van der Waals surface area contributed by atoms with Gasteiger partial charge < -0.3 is 4.74 Å². The summed E-state index contributed by atoms with van der Waals surface area (Å²) >= 11 is 0.